The van der Waals surface area contributed by atoms with E-state index in [9.17, 15) is 4.79 Å². The Balaban J connectivity index is 1.53. The van der Waals surface area contributed by atoms with Crippen LogP contribution in [0.15, 0.2) is 79.6 Å². The lowest BCUT2D eigenvalue weighted by molar-refractivity contribution is -0.111. The number of hydrogen-bond acceptors (Lipinski definition) is 5. The molecule has 0 radical (unpaired) electrons. The molecule has 0 saturated heterocycles. The number of halogens is 1. The molecule has 1 heterocycles. The Bertz CT molecular complexity index is 1310. The smallest absolute Gasteiger partial charge is 0.247 e. The van der Waals surface area contributed by atoms with E-state index in [0.717, 1.165) is 22.2 Å². The van der Waals surface area contributed by atoms with E-state index < -0.39 is 0 Å². The number of benzene rings is 3. The molecule has 0 aliphatic carbocycles. The van der Waals surface area contributed by atoms with E-state index in [-0.39, 0.29) is 5.91 Å². The Morgan fingerprint density at radius 3 is 2.72 bits per heavy atom. The standard InChI is InChI=1S/C25H21ClN4O2/c1-3-24(31)29-18-7-9-22-20(12-18)25(28-15-27-22)30-19-8-10-23(21(26)13-19)32-14-17-6-4-5-16(2)11-17/h3-13,15H,1,14H2,2H3,(H,29,31)(H,27,28,30). The van der Waals surface area contributed by atoms with Crippen molar-refractivity contribution >= 4 is 45.6 Å². The average molecular weight is 445 g/mol. The van der Waals surface area contributed by atoms with Crippen LogP contribution in [0.25, 0.3) is 10.9 Å². The molecule has 0 saturated carbocycles. The number of anilines is 3. The number of nitrogens with one attached hydrogen (secondary N) is 2. The van der Waals surface area contributed by atoms with Crippen molar-refractivity contribution in [1.29, 1.82) is 0 Å². The lowest BCUT2D eigenvalue weighted by Gasteiger charge is -2.12. The second-order valence-corrected chi connectivity index (χ2v) is 7.60. The summed E-state index contributed by atoms with van der Waals surface area (Å²) in [6, 6.07) is 19.0. The summed E-state index contributed by atoms with van der Waals surface area (Å²) in [5, 5.41) is 7.25. The van der Waals surface area contributed by atoms with Crippen LogP contribution in [0.3, 0.4) is 0 Å². The first-order valence-electron chi connectivity index (χ1n) is 9.95. The molecule has 1 aromatic heterocycles. The van der Waals surface area contributed by atoms with Gasteiger partial charge in [-0.25, -0.2) is 9.97 Å². The fourth-order valence-corrected chi connectivity index (χ4v) is 3.46. The van der Waals surface area contributed by atoms with Crippen LogP contribution < -0.4 is 15.4 Å². The Morgan fingerprint density at radius 1 is 1.09 bits per heavy atom. The minimum atomic E-state index is -0.288. The van der Waals surface area contributed by atoms with Gasteiger partial charge in [0.05, 0.1) is 10.5 Å². The van der Waals surface area contributed by atoms with Crippen molar-refractivity contribution in [3.8, 4) is 5.75 Å². The molecule has 7 heteroatoms. The van der Waals surface area contributed by atoms with Crippen molar-refractivity contribution < 1.29 is 9.53 Å². The van der Waals surface area contributed by atoms with Gasteiger partial charge in [0, 0.05) is 16.8 Å². The Labute approximate surface area is 190 Å². The van der Waals surface area contributed by atoms with Gasteiger partial charge in [0.1, 0.15) is 24.5 Å². The van der Waals surface area contributed by atoms with E-state index >= 15 is 0 Å². The van der Waals surface area contributed by atoms with E-state index in [1.54, 1.807) is 18.2 Å². The summed E-state index contributed by atoms with van der Waals surface area (Å²) in [6.07, 6.45) is 2.70. The minimum absolute atomic E-state index is 0.288. The number of aromatic nitrogens is 2. The number of hydrogen-bond donors (Lipinski definition) is 2. The molecular weight excluding hydrogens is 424 g/mol. The monoisotopic (exact) mass is 444 g/mol. The highest BCUT2D eigenvalue weighted by Gasteiger charge is 2.09. The Hall–Kier alpha value is -3.90. The molecule has 0 spiro atoms. The molecule has 1 amide bonds. The molecule has 0 unspecified atom stereocenters. The van der Waals surface area contributed by atoms with Gasteiger partial charge in [0.15, 0.2) is 0 Å². The molecule has 6 nitrogen and oxygen atoms in total. The Kier molecular flexibility index (Phi) is 6.33. The predicted molar refractivity (Wildman–Crippen MR) is 129 cm³/mol. The van der Waals surface area contributed by atoms with Gasteiger partial charge in [-0.2, -0.15) is 0 Å². The van der Waals surface area contributed by atoms with Gasteiger partial charge in [-0.3, -0.25) is 4.79 Å². The van der Waals surface area contributed by atoms with E-state index in [4.69, 9.17) is 16.3 Å². The molecule has 160 valence electrons. The second kappa shape index (κ2) is 9.49. The van der Waals surface area contributed by atoms with Crippen molar-refractivity contribution in [1.82, 2.24) is 9.97 Å². The maximum Gasteiger partial charge on any atom is 0.247 e. The fourth-order valence-electron chi connectivity index (χ4n) is 3.22. The molecule has 0 fully saturated rings. The minimum Gasteiger partial charge on any atom is -0.487 e. The zero-order valence-electron chi connectivity index (χ0n) is 17.4. The van der Waals surface area contributed by atoms with Crippen LogP contribution in [0, 0.1) is 6.92 Å². The van der Waals surface area contributed by atoms with Crippen LogP contribution in [0.2, 0.25) is 5.02 Å². The van der Waals surface area contributed by atoms with Crippen LogP contribution in [0.5, 0.6) is 5.75 Å². The van der Waals surface area contributed by atoms with Gasteiger partial charge in [-0.1, -0.05) is 48.0 Å². The maximum atomic E-state index is 11.6. The number of aryl methyl sites for hydroxylation is 1. The molecule has 4 aromatic rings. The van der Waals surface area contributed by atoms with E-state index in [1.807, 2.05) is 43.3 Å². The normalized spacial score (nSPS) is 10.6. The third-order valence-corrected chi connectivity index (χ3v) is 5.06. The molecule has 4 rings (SSSR count). The summed E-state index contributed by atoms with van der Waals surface area (Å²) >= 11 is 6.46. The zero-order valence-corrected chi connectivity index (χ0v) is 18.2. The van der Waals surface area contributed by atoms with E-state index in [1.165, 1.54) is 18.0 Å². The van der Waals surface area contributed by atoms with Crippen molar-refractivity contribution in [2.75, 3.05) is 10.6 Å². The molecular formula is C25H21ClN4O2. The molecule has 3 aromatic carbocycles. The van der Waals surface area contributed by atoms with Gasteiger partial charge in [0.2, 0.25) is 5.91 Å². The number of carbonyl (C=O) groups excluding carboxylic acids is 1. The van der Waals surface area contributed by atoms with Gasteiger partial charge < -0.3 is 15.4 Å². The summed E-state index contributed by atoms with van der Waals surface area (Å²) in [7, 11) is 0. The van der Waals surface area contributed by atoms with Crippen molar-refractivity contribution in [2.24, 2.45) is 0 Å². The highest BCUT2D eigenvalue weighted by molar-refractivity contribution is 6.32. The molecule has 0 atom stereocenters. The largest absolute Gasteiger partial charge is 0.487 e. The van der Waals surface area contributed by atoms with Crippen LogP contribution in [0.4, 0.5) is 17.2 Å². The topological polar surface area (TPSA) is 76.1 Å². The highest BCUT2D eigenvalue weighted by atomic mass is 35.5. The summed E-state index contributed by atoms with van der Waals surface area (Å²) in [5.74, 6) is 0.902. The van der Waals surface area contributed by atoms with Crippen LogP contribution >= 0.6 is 11.6 Å². The number of amides is 1. The van der Waals surface area contributed by atoms with Gasteiger partial charge >= 0.3 is 0 Å². The molecule has 2 N–H and O–H groups in total. The first-order valence-corrected chi connectivity index (χ1v) is 10.3. The third-order valence-electron chi connectivity index (χ3n) is 4.76. The zero-order chi connectivity index (χ0) is 22.5. The molecule has 32 heavy (non-hydrogen) atoms. The number of ether oxygens (including phenoxy) is 1. The first kappa shape index (κ1) is 21.3. The van der Waals surface area contributed by atoms with Gasteiger partial charge in [0.25, 0.3) is 0 Å². The van der Waals surface area contributed by atoms with Crippen LogP contribution in [0.1, 0.15) is 11.1 Å². The quantitative estimate of drug-likeness (QED) is 0.340. The third kappa shape index (κ3) is 5.04. The van der Waals surface area contributed by atoms with E-state index in [0.29, 0.717) is 28.9 Å². The molecule has 0 aliphatic heterocycles. The van der Waals surface area contributed by atoms with Crippen LogP contribution in [-0.4, -0.2) is 15.9 Å². The van der Waals surface area contributed by atoms with Crippen molar-refractivity contribution in [2.45, 2.75) is 13.5 Å². The maximum absolute atomic E-state index is 11.6. The summed E-state index contributed by atoms with van der Waals surface area (Å²) in [6.45, 7) is 5.95. The summed E-state index contributed by atoms with van der Waals surface area (Å²) in [5.41, 5.74) is 4.37. The van der Waals surface area contributed by atoms with Crippen LogP contribution in [-0.2, 0) is 11.4 Å². The lowest BCUT2D eigenvalue weighted by Crippen LogP contribution is -2.07. The van der Waals surface area contributed by atoms with Crippen molar-refractivity contribution in [3.63, 3.8) is 0 Å². The lowest BCUT2D eigenvalue weighted by atomic mass is 10.1. The second-order valence-electron chi connectivity index (χ2n) is 7.20. The fraction of sp³-hybridized carbons (Fsp3) is 0.0800. The SMILES string of the molecule is C=CC(=O)Nc1ccc2ncnc(Nc3ccc(OCc4cccc(C)c4)c(Cl)c3)c2c1. The van der Waals surface area contributed by atoms with Gasteiger partial charge in [-0.05, 0) is 55.0 Å². The molecule has 0 aliphatic rings. The molecule has 0 bridgehead atoms. The average Bonchev–Trinajstić information content (AvgIpc) is 2.79. The first-order chi connectivity index (χ1) is 15.5. The number of nitrogens with zero attached hydrogens (tertiary/aromatic N) is 2. The summed E-state index contributed by atoms with van der Waals surface area (Å²) in [4.78, 5) is 20.3. The predicted octanol–water partition coefficient (Wildman–Crippen LogP) is 6.04. The summed E-state index contributed by atoms with van der Waals surface area (Å²) < 4.78 is 5.88. The number of fused-ring (bicyclic) bond motifs is 1. The van der Waals surface area contributed by atoms with Crippen molar-refractivity contribution in [3.05, 3.63) is 95.8 Å². The van der Waals surface area contributed by atoms with E-state index in [2.05, 4.69) is 33.2 Å². The van der Waals surface area contributed by atoms with Gasteiger partial charge in [-0.15, -0.1) is 0 Å². The highest BCUT2D eigenvalue weighted by Crippen LogP contribution is 2.31. The number of carbonyl (C=O) groups is 1. The number of rotatable bonds is 7. The Morgan fingerprint density at radius 2 is 1.94 bits per heavy atom.